The summed E-state index contributed by atoms with van der Waals surface area (Å²) in [7, 11) is 0. The number of aryl methyl sites for hydroxylation is 1. The monoisotopic (exact) mass is 384 g/mol. The zero-order chi connectivity index (χ0) is 18.8. The van der Waals surface area contributed by atoms with E-state index in [2.05, 4.69) is 41.1 Å². The zero-order valence-electron chi connectivity index (χ0n) is 15.6. The molecule has 2 amide bonds. The number of benzene rings is 1. The maximum absolute atomic E-state index is 12.7. The van der Waals surface area contributed by atoms with Gasteiger partial charge in [-0.25, -0.2) is 4.98 Å². The van der Waals surface area contributed by atoms with Gasteiger partial charge in [-0.1, -0.05) is 12.1 Å². The van der Waals surface area contributed by atoms with Crippen molar-refractivity contribution in [2.75, 3.05) is 42.5 Å². The molecule has 2 aliphatic rings. The highest BCUT2D eigenvalue weighted by Crippen LogP contribution is 2.26. The van der Waals surface area contributed by atoms with Crippen molar-refractivity contribution < 1.29 is 9.59 Å². The number of hydrogen-bond acceptors (Lipinski definition) is 5. The lowest BCUT2D eigenvalue weighted by Gasteiger charge is -2.36. The molecule has 2 aliphatic heterocycles. The molecule has 0 N–H and O–H groups in total. The molecule has 2 saturated heterocycles. The molecule has 0 bridgehead atoms. The molecular formula is C20H24N4O2S. The molecule has 0 aliphatic carbocycles. The lowest BCUT2D eigenvalue weighted by Crippen LogP contribution is -2.49. The van der Waals surface area contributed by atoms with Crippen LogP contribution in [0.3, 0.4) is 0 Å². The van der Waals surface area contributed by atoms with Crippen molar-refractivity contribution in [3.63, 3.8) is 0 Å². The van der Waals surface area contributed by atoms with Gasteiger partial charge in [-0.15, -0.1) is 11.3 Å². The Morgan fingerprint density at radius 2 is 2.00 bits per heavy atom. The lowest BCUT2D eigenvalue weighted by atomic mass is 10.2. The summed E-state index contributed by atoms with van der Waals surface area (Å²) in [4.78, 5) is 35.0. The second kappa shape index (κ2) is 7.68. The molecule has 1 aromatic carbocycles. The van der Waals surface area contributed by atoms with E-state index in [9.17, 15) is 9.59 Å². The quantitative estimate of drug-likeness (QED) is 0.813. The van der Waals surface area contributed by atoms with E-state index in [1.54, 1.807) is 4.90 Å². The largest absolute Gasteiger partial charge is 0.368 e. The number of anilines is 2. The molecule has 6 nitrogen and oxygen atoms in total. The maximum atomic E-state index is 12.7. The predicted molar refractivity (Wildman–Crippen MR) is 107 cm³/mol. The summed E-state index contributed by atoms with van der Waals surface area (Å²) in [5.74, 6) is 0.248. The minimum Gasteiger partial charge on any atom is -0.368 e. The Balaban J connectivity index is 1.32. The Morgan fingerprint density at radius 3 is 2.70 bits per heavy atom. The second-order valence-electron chi connectivity index (χ2n) is 7.15. The van der Waals surface area contributed by atoms with Crippen LogP contribution in [-0.4, -0.2) is 54.4 Å². The number of hydrogen-bond donors (Lipinski definition) is 0. The van der Waals surface area contributed by atoms with Crippen molar-refractivity contribution in [2.45, 2.75) is 26.2 Å². The molecule has 27 heavy (non-hydrogen) atoms. The van der Waals surface area contributed by atoms with E-state index < -0.39 is 0 Å². The van der Waals surface area contributed by atoms with Gasteiger partial charge in [0.2, 0.25) is 11.8 Å². The first-order valence-electron chi connectivity index (χ1n) is 9.44. The minimum atomic E-state index is 0.114. The van der Waals surface area contributed by atoms with Crippen LogP contribution < -0.4 is 9.80 Å². The predicted octanol–water partition coefficient (Wildman–Crippen LogP) is 2.47. The second-order valence-corrected chi connectivity index (χ2v) is 7.99. The number of nitrogens with zero attached hydrogens (tertiary/aromatic N) is 4. The first kappa shape index (κ1) is 18.0. The molecule has 2 fully saturated rings. The van der Waals surface area contributed by atoms with E-state index in [0.29, 0.717) is 12.8 Å². The van der Waals surface area contributed by atoms with E-state index in [4.69, 9.17) is 0 Å². The van der Waals surface area contributed by atoms with Gasteiger partial charge in [-0.3, -0.25) is 14.5 Å². The molecule has 0 saturated carbocycles. The minimum absolute atomic E-state index is 0.114. The summed E-state index contributed by atoms with van der Waals surface area (Å²) < 4.78 is 0. The van der Waals surface area contributed by atoms with Gasteiger partial charge in [0, 0.05) is 50.2 Å². The fraction of sp³-hybridized carbons (Fsp3) is 0.450. The SMILES string of the molecule is Cc1cccc(N2CCN(C(=O)Cc3csc(N4CCCC4=O)n3)CC2)c1. The summed E-state index contributed by atoms with van der Waals surface area (Å²) >= 11 is 1.45. The molecule has 0 unspecified atom stereocenters. The van der Waals surface area contributed by atoms with Crippen LogP contribution in [0.25, 0.3) is 0 Å². The smallest absolute Gasteiger partial charge is 0.228 e. The molecule has 7 heteroatoms. The Hall–Kier alpha value is -2.41. The van der Waals surface area contributed by atoms with Gasteiger partial charge in [0.15, 0.2) is 5.13 Å². The molecule has 0 atom stereocenters. The van der Waals surface area contributed by atoms with Gasteiger partial charge in [0.05, 0.1) is 12.1 Å². The van der Waals surface area contributed by atoms with Crippen molar-refractivity contribution >= 4 is 34.0 Å². The van der Waals surface area contributed by atoms with Gasteiger partial charge in [0.1, 0.15) is 0 Å². The van der Waals surface area contributed by atoms with E-state index in [1.165, 1.54) is 22.6 Å². The highest BCUT2D eigenvalue weighted by Gasteiger charge is 2.26. The van der Waals surface area contributed by atoms with Crippen LogP contribution in [-0.2, 0) is 16.0 Å². The van der Waals surface area contributed by atoms with Crippen LogP contribution in [0.15, 0.2) is 29.6 Å². The number of rotatable bonds is 4. The van der Waals surface area contributed by atoms with E-state index >= 15 is 0 Å². The van der Waals surface area contributed by atoms with Crippen LogP contribution in [0.5, 0.6) is 0 Å². The molecule has 1 aromatic heterocycles. The van der Waals surface area contributed by atoms with Crippen LogP contribution in [0.1, 0.15) is 24.1 Å². The van der Waals surface area contributed by atoms with Gasteiger partial charge in [0.25, 0.3) is 0 Å². The van der Waals surface area contributed by atoms with E-state index in [0.717, 1.165) is 50.0 Å². The van der Waals surface area contributed by atoms with Crippen molar-refractivity contribution in [2.24, 2.45) is 0 Å². The molecule has 2 aromatic rings. The standard InChI is InChI=1S/C20H24N4O2S/c1-15-4-2-5-17(12-15)22-8-10-23(11-9-22)19(26)13-16-14-27-20(21-16)24-7-3-6-18(24)25/h2,4-5,12,14H,3,6-11,13H2,1H3. The summed E-state index contributed by atoms with van der Waals surface area (Å²) in [6, 6.07) is 8.49. The van der Waals surface area contributed by atoms with Gasteiger partial charge >= 0.3 is 0 Å². The normalized spacial score (nSPS) is 17.7. The molecule has 0 radical (unpaired) electrons. The van der Waals surface area contributed by atoms with Crippen molar-refractivity contribution in [3.8, 4) is 0 Å². The number of carbonyl (C=O) groups excluding carboxylic acids is 2. The number of thiazole rings is 1. The first-order valence-corrected chi connectivity index (χ1v) is 10.3. The Bertz CT molecular complexity index is 842. The molecule has 0 spiro atoms. The topological polar surface area (TPSA) is 56.8 Å². The average molecular weight is 385 g/mol. The van der Waals surface area contributed by atoms with Crippen LogP contribution >= 0.6 is 11.3 Å². The fourth-order valence-corrected chi connectivity index (χ4v) is 4.53. The molecular weight excluding hydrogens is 360 g/mol. The number of amides is 2. The van der Waals surface area contributed by atoms with Crippen molar-refractivity contribution in [3.05, 3.63) is 40.9 Å². The third-order valence-corrected chi connectivity index (χ3v) is 6.09. The summed E-state index contributed by atoms with van der Waals surface area (Å²) in [6.45, 7) is 5.99. The van der Waals surface area contributed by atoms with Gasteiger partial charge < -0.3 is 9.80 Å². The van der Waals surface area contributed by atoms with Crippen LogP contribution in [0.2, 0.25) is 0 Å². The Morgan fingerprint density at radius 1 is 1.19 bits per heavy atom. The Labute approximate surface area is 163 Å². The van der Waals surface area contributed by atoms with Gasteiger partial charge in [-0.2, -0.15) is 0 Å². The highest BCUT2D eigenvalue weighted by molar-refractivity contribution is 7.14. The molecule has 4 rings (SSSR count). The van der Waals surface area contributed by atoms with Crippen molar-refractivity contribution in [1.29, 1.82) is 0 Å². The van der Waals surface area contributed by atoms with Crippen molar-refractivity contribution in [1.82, 2.24) is 9.88 Å². The molecule has 3 heterocycles. The third-order valence-electron chi connectivity index (χ3n) is 5.18. The van der Waals surface area contributed by atoms with Gasteiger partial charge in [-0.05, 0) is 31.0 Å². The number of piperazine rings is 1. The summed E-state index contributed by atoms with van der Waals surface area (Å²) in [6.07, 6.45) is 1.79. The highest BCUT2D eigenvalue weighted by atomic mass is 32.1. The summed E-state index contributed by atoms with van der Waals surface area (Å²) in [5.41, 5.74) is 3.24. The van der Waals surface area contributed by atoms with E-state index in [-0.39, 0.29) is 11.8 Å². The fourth-order valence-electron chi connectivity index (χ4n) is 3.66. The van der Waals surface area contributed by atoms with E-state index in [1.807, 2.05) is 10.3 Å². The first-order chi connectivity index (χ1) is 13.1. The zero-order valence-corrected chi connectivity index (χ0v) is 16.4. The maximum Gasteiger partial charge on any atom is 0.228 e. The number of aromatic nitrogens is 1. The number of carbonyl (C=O) groups is 2. The molecule has 142 valence electrons. The summed E-state index contributed by atoms with van der Waals surface area (Å²) in [5, 5.41) is 2.63. The average Bonchev–Trinajstić information content (AvgIpc) is 3.30. The third kappa shape index (κ3) is 3.98. The van der Waals surface area contributed by atoms with Crippen LogP contribution in [0.4, 0.5) is 10.8 Å². The van der Waals surface area contributed by atoms with Crippen LogP contribution in [0, 0.1) is 6.92 Å². The Kier molecular flexibility index (Phi) is 5.11. The lowest BCUT2D eigenvalue weighted by molar-refractivity contribution is -0.130.